The fourth-order valence-electron chi connectivity index (χ4n) is 3.97. The van der Waals surface area contributed by atoms with E-state index < -0.39 is 0 Å². The number of carbonyl (C=O) groups excluding carboxylic acids is 1. The van der Waals surface area contributed by atoms with Crippen LogP contribution in [0.1, 0.15) is 43.1 Å². The summed E-state index contributed by atoms with van der Waals surface area (Å²) in [5, 5.41) is 4.55. The van der Waals surface area contributed by atoms with Crippen LogP contribution in [0.2, 0.25) is 0 Å². The highest BCUT2D eigenvalue weighted by molar-refractivity contribution is 5.76. The normalized spacial score (nSPS) is 17.9. The standard InChI is InChI=1S/C22H32N4O/c1-17-7-6-11-25(15-17)12-10-22(27)24(4)16-20-8-5-9-21(14-20)26-19(3)13-18(2)23-26/h5,8-9,13-14,17H,6-7,10-12,15-16H2,1-4H3/t17-/m1/s1. The summed E-state index contributed by atoms with van der Waals surface area (Å²) in [4.78, 5) is 16.8. The van der Waals surface area contributed by atoms with Gasteiger partial charge in [-0.25, -0.2) is 4.68 Å². The van der Waals surface area contributed by atoms with Crippen LogP contribution in [0, 0.1) is 19.8 Å². The van der Waals surface area contributed by atoms with Gasteiger partial charge in [0.2, 0.25) is 5.91 Å². The van der Waals surface area contributed by atoms with E-state index in [2.05, 4.69) is 48.1 Å². The number of aryl methyl sites for hydroxylation is 2. The molecular weight excluding hydrogens is 336 g/mol. The molecule has 27 heavy (non-hydrogen) atoms. The summed E-state index contributed by atoms with van der Waals surface area (Å²) in [7, 11) is 1.90. The van der Waals surface area contributed by atoms with Crippen molar-refractivity contribution in [3.05, 3.63) is 47.3 Å². The summed E-state index contributed by atoms with van der Waals surface area (Å²) in [5.41, 5.74) is 4.30. The molecule has 1 aliphatic rings. The molecule has 5 heteroatoms. The number of rotatable bonds is 6. The lowest BCUT2D eigenvalue weighted by Gasteiger charge is -2.31. The number of likely N-dealkylation sites (tertiary alicyclic amines) is 1. The van der Waals surface area contributed by atoms with Gasteiger partial charge in [0.15, 0.2) is 0 Å². The lowest BCUT2D eigenvalue weighted by atomic mass is 10.0. The molecule has 1 amide bonds. The molecule has 1 aromatic carbocycles. The molecule has 0 N–H and O–H groups in total. The van der Waals surface area contributed by atoms with Gasteiger partial charge in [-0.3, -0.25) is 4.79 Å². The first-order chi connectivity index (χ1) is 12.9. The zero-order valence-corrected chi connectivity index (χ0v) is 17.1. The van der Waals surface area contributed by atoms with E-state index >= 15 is 0 Å². The maximum Gasteiger partial charge on any atom is 0.223 e. The van der Waals surface area contributed by atoms with E-state index in [1.54, 1.807) is 0 Å². The van der Waals surface area contributed by atoms with Crippen molar-refractivity contribution < 1.29 is 4.79 Å². The Morgan fingerprint density at radius 2 is 2.11 bits per heavy atom. The Balaban J connectivity index is 1.57. The third-order valence-electron chi connectivity index (χ3n) is 5.39. The van der Waals surface area contributed by atoms with E-state index in [1.165, 1.54) is 12.8 Å². The molecule has 2 aromatic rings. The minimum Gasteiger partial charge on any atom is -0.341 e. The molecule has 0 aliphatic carbocycles. The minimum absolute atomic E-state index is 0.213. The Morgan fingerprint density at radius 3 is 2.81 bits per heavy atom. The maximum absolute atomic E-state index is 12.6. The molecule has 5 nitrogen and oxygen atoms in total. The highest BCUT2D eigenvalue weighted by Crippen LogP contribution is 2.17. The van der Waals surface area contributed by atoms with Gasteiger partial charge < -0.3 is 9.80 Å². The van der Waals surface area contributed by atoms with E-state index in [0.717, 1.165) is 48.2 Å². The topological polar surface area (TPSA) is 41.4 Å². The first-order valence-corrected chi connectivity index (χ1v) is 10.0. The van der Waals surface area contributed by atoms with Crippen molar-refractivity contribution in [2.75, 3.05) is 26.7 Å². The molecule has 2 heterocycles. The fraction of sp³-hybridized carbons (Fsp3) is 0.545. The lowest BCUT2D eigenvalue weighted by Crippen LogP contribution is -2.37. The largest absolute Gasteiger partial charge is 0.341 e. The van der Waals surface area contributed by atoms with E-state index in [0.29, 0.717) is 13.0 Å². The van der Waals surface area contributed by atoms with Gasteiger partial charge in [-0.2, -0.15) is 5.10 Å². The van der Waals surface area contributed by atoms with Crippen LogP contribution in [0.4, 0.5) is 0 Å². The van der Waals surface area contributed by atoms with Crippen LogP contribution in [0.5, 0.6) is 0 Å². The van der Waals surface area contributed by atoms with Crippen molar-refractivity contribution in [3.63, 3.8) is 0 Å². The van der Waals surface area contributed by atoms with Crippen molar-refractivity contribution in [2.45, 2.75) is 46.6 Å². The summed E-state index contributed by atoms with van der Waals surface area (Å²) in [6.45, 7) is 10.1. The molecule has 1 aliphatic heterocycles. The molecule has 0 bridgehead atoms. The summed E-state index contributed by atoms with van der Waals surface area (Å²) in [6, 6.07) is 10.4. The molecule has 1 fully saturated rings. The summed E-state index contributed by atoms with van der Waals surface area (Å²) < 4.78 is 1.96. The highest BCUT2D eigenvalue weighted by Gasteiger charge is 2.18. The number of hydrogen-bond acceptors (Lipinski definition) is 3. The fourth-order valence-corrected chi connectivity index (χ4v) is 3.97. The monoisotopic (exact) mass is 368 g/mol. The zero-order valence-electron chi connectivity index (χ0n) is 17.1. The van der Waals surface area contributed by atoms with Gasteiger partial charge >= 0.3 is 0 Å². The van der Waals surface area contributed by atoms with Gasteiger partial charge in [-0.15, -0.1) is 0 Å². The Bertz CT molecular complexity index is 782. The van der Waals surface area contributed by atoms with Crippen molar-refractivity contribution in [1.82, 2.24) is 19.6 Å². The predicted molar refractivity (Wildman–Crippen MR) is 109 cm³/mol. The molecular formula is C22H32N4O. The Hall–Kier alpha value is -2.14. The van der Waals surface area contributed by atoms with Gasteiger partial charge in [-0.1, -0.05) is 19.1 Å². The average Bonchev–Trinajstić information content (AvgIpc) is 2.98. The molecule has 146 valence electrons. The summed E-state index contributed by atoms with van der Waals surface area (Å²) in [5.74, 6) is 0.966. The molecule has 0 radical (unpaired) electrons. The predicted octanol–water partition coefficient (Wildman–Crippen LogP) is 3.57. The second kappa shape index (κ2) is 8.70. The third kappa shape index (κ3) is 5.19. The molecule has 1 atom stereocenters. The Morgan fingerprint density at radius 1 is 1.30 bits per heavy atom. The van der Waals surface area contributed by atoms with Gasteiger partial charge in [-0.05, 0) is 62.9 Å². The van der Waals surface area contributed by atoms with Crippen LogP contribution in [0.3, 0.4) is 0 Å². The van der Waals surface area contributed by atoms with Crippen LogP contribution < -0.4 is 0 Å². The van der Waals surface area contributed by atoms with Gasteiger partial charge in [0.1, 0.15) is 0 Å². The number of piperidine rings is 1. The highest BCUT2D eigenvalue weighted by atomic mass is 16.2. The molecule has 1 aromatic heterocycles. The molecule has 1 saturated heterocycles. The number of carbonyl (C=O) groups is 1. The summed E-state index contributed by atoms with van der Waals surface area (Å²) >= 11 is 0. The van der Waals surface area contributed by atoms with Crippen LogP contribution in [0.25, 0.3) is 5.69 Å². The SMILES string of the molecule is Cc1cc(C)n(-c2cccc(CN(C)C(=O)CCN3CCC[C@@H](C)C3)c2)n1. The minimum atomic E-state index is 0.213. The second-order valence-corrected chi connectivity index (χ2v) is 8.06. The Kier molecular flexibility index (Phi) is 6.32. The zero-order chi connectivity index (χ0) is 19.4. The van der Waals surface area contributed by atoms with Crippen molar-refractivity contribution in [2.24, 2.45) is 5.92 Å². The number of benzene rings is 1. The Labute approximate surface area is 163 Å². The summed E-state index contributed by atoms with van der Waals surface area (Å²) in [6.07, 6.45) is 3.17. The number of amides is 1. The smallest absolute Gasteiger partial charge is 0.223 e. The third-order valence-corrected chi connectivity index (χ3v) is 5.39. The van der Waals surface area contributed by atoms with Crippen LogP contribution in [-0.4, -0.2) is 52.2 Å². The van der Waals surface area contributed by atoms with E-state index in [1.807, 2.05) is 29.6 Å². The quantitative estimate of drug-likeness (QED) is 0.783. The number of hydrogen-bond donors (Lipinski definition) is 0. The van der Waals surface area contributed by atoms with Gasteiger partial charge in [0.25, 0.3) is 0 Å². The second-order valence-electron chi connectivity index (χ2n) is 8.06. The van der Waals surface area contributed by atoms with Crippen LogP contribution in [-0.2, 0) is 11.3 Å². The molecule has 0 spiro atoms. The van der Waals surface area contributed by atoms with Crippen LogP contribution >= 0.6 is 0 Å². The molecule has 3 rings (SSSR count). The average molecular weight is 369 g/mol. The van der Waals surface area contributed by atoms with E-state index in [9.17, 15) is 4.79 Å². The molecule has 0 saturated carbocycles. The first kappa shape index (κ1) is 19.6. The van der Waals surface area contributed by atoms with Crippen LogP contribution in [0.15, 0.2) is 30.3 Å². The number of aromatic nitrogens is 2. The van der Waals surface area contributed by atoms with Crippen molar-refractivity contribution in [1.29, 1.82) is 0 Å². The number of nitrogens with zero attached hydrogens (tertiary/aromatic N) is 4. The van der Waals surface area contributed by atoms with Crippen molar-refractivity contribution in [3.8, 4) is 5.69 Å². The van der Waals surface area contributed by atoms with Gasteiger partial charge in [0, 0.05) is 38.8 Å². The van der Waals surface area contributed by atoms with E-state index in [4.69, 9.17) is 0 Å². The maximum atomic E-state index is 12.6. The van der Waals surface area contributed by atoms with E-state index in [-0.39, 0.29) is 5.91 Å². The first-order valence-electron chi connectivity index (χ1n) is 10.0. The lowest BCUT2D eigenvalue weighted by molar-refractivity contribution is -0.130. The van der Waals surface area contributed by atoms with Gasteiger partial charge in [0.05, 0.1) is 11.4 Å². The van der Waals surface area contributed by atoms with Crippen molar-refractivity contribution >= 4 is 5.91 Å². The molecule has 0 unspecified atom stereocenters.